The van der Waals surface area contributed by atoms with Crippen molar-refractivity contribution in [1.82, 2.24) is 15.5 Å². The van der Waals surface area contributed by atoms with Crippen molar-refractivity contribution in [3.05, 3.63) is 53.4 Å². The third-order valence-corrected chi connectivity index (χ3v) is 4.19. The normalized spacial score (nSPS) is 11.2. The van der Waals surface area contributed by atoms with Gasteiger partial charge in [-0.3, -0.25) is 0 Å². The molecule has 9 heteroatoms. The lowest BCUT2D eigenvalue weighted by Gasteiger charge is -2.13. The highest BCUT2D eigenvalue weighted by Gasteiger charge is 2.10. The maximum absolute atomic E-state index is 5.91. The molecule has 0 unspecified atom stereocenters. The van der Waals surface area contributed by atoms with Crippen LogP contribution in [-0.4, -0.2) is 36.9 Å². The Hall–Kier alpha value is -3.26. The minimum Gasteiger partial charge on any atom is -0.493 e. The first kappa shape index (κ1) is 20.5. The molecule has 0 aliphatic carbocycles. The van der Waals surface area contributed by atoms with Crippen LogP contribution in [0.25, 0.3) is 11.4 Å². The Bertz CT molecular complexity index is 973. The number of aliphatic imine (C=N–C) groups is 1. The predicted octanol–water partition coefficient (Wildman–Crippen LogP) is 3.98. The number of benzene rings is 2. The number of nitrogens with zero attached hydrogens (tertiary/aromatic N) is 3. The van der Waals surface area contributed by atoms with Crippen LogP contribution in [0, 0.1) is 0 Å². The highest BCUT2D eigenvalue weighted by atomic mass is 35.5. The molecule has 2 N–H and O–H groups in total. The van der Waals surface area contributed by atoms with Gasteiger partial charge in [0, 0.05) is 28.9 Å². The van der Waals surface area contributed by atoms with Crippen LogP contribution in [0.4, 0.5) is 5.69 Å². The maximum atomic E-state index is 5.91. The molecule has 0 bridgehead atoms. The summed E-state index contributed by atoms with van der Waals surface area (Å²) in [6, 6.07) is 12.8. The Morgan fingerprint density at radius 2 is 1.86 bits per heavy atom. The SMILES string of the molecule is CCNC(=NCc1nc(-c2ccc(Cl)cc2)no1)Nc1ccc(OC)c(OC)c1. The zero-order valence-electron chi connectivity index (χ0n) is 16.4. The van der Waals surface area contributed by atoms with Gasteiger partial charge in [0.15, 0.2) is 17.5 Å². The van der Waals surface area contributed by atoms with Gasteiger partial charge in [-0.05, 0) is 43.3 Å². The number of hydrogen-bond acceptors (Lipinski definition) is 6. The smallest absolute Gasteiger partial charge is 0.248 e. The molecule has 0 radical (unpaired) electrons. The van der Waals surface area contributed by atoms with E-state index in [2.05, 4.69) is 25.8 Å². The summed E-state index contributed by atoms with van der Waals surface area (Å²) in [5, 5.41) is 11.0. The largest absolute Gasteiger partial charge is 0.493 e. The number of hydrogen-bond donors (Lipinski definition) is 2. The lowest BCUT2D eigenvalue weighted by molar-refractivity contribution is 0.355. The van der Waals surface area contributed by atoms with Crippen molar-refractivity contribution in [1.29, 1.82) is 0 Å². The Balaban J connectivity index is 1.72. The molecule has 29 heavy (non-hydrogen) atoms. The van der Waals surface area contributed by atoms with Crippen molar-refractivity contribution < 1.29 is 14.0 Å². The van der Waals surface area contributed by atoms with E-state index >= 15 is 0 Å². The van der Waals surface area contributed by atoms with E-state index in [4.69, 9.17) is 25.6 Å². The third-order valence-electron chi connectivity index (χ3n) is 3.93. The lowest BCUT2D eigenvalue weighted by Crippen LogP contribution is -2.30. The zero-order chi connectivity index (χ0) is 20.6. The van der Waals surface area contributed by atoms with Crippen molar-refractivity contribution in [3.8, 4) is 22.9 Å². The summed E-state index contributed by atoms with van der Waals surface area (Å²) >= 11 is 5.91. The number of methoxy groups -OCH3 is 2. The van der Waals surface area contributed by atoms with Gasteiger partial charge in [-0.15, -0.1) is 0 Å². The molecule has 0 aliphatic rings. The van der Waals surface area contributed by atoms with Crippen molar-refractivity contribution in [2.24, 2.45) is 4.99 Å². The summed E-state index contributed by atoms with van der Waals surface area (Å²) in [7, 11) is 3.19. The summed E-state index contributed by atoms with van der Waals surface area (Å²) in [5.41, 5.74) is 1.62. The maximum Gasteiger partial charge on any atom is 0.248 e. The second-order valence-corrected chi connectivity index (χ2v) is 6.34. The van der Waals surface area contributed by atoms with Gasteiger partial charge in [0.1, 0.15) is 6.54 Å². The van der Waals surface area contributed by atoms with Crippen LogP contribution in [0.15, 0.2) is 52.0 Å². The molecule has 1 aromatic heterocycles. The van der Waals surface area contributed by atoms with Crippen molar-refractivity contribution >= 4 is 23.2 Å². The number of ether oxygens (including phenoxy) is 2. The first-order valence-electron chi connectivity index (χ1n) is 8.98. The van der Waals surface area contributed by atoms with Crippen LogP contribution in [0.3, 0.4) is 0 Å². The van der Waals surface area contributed by atoms with Crippen molar-refractivity contribution in [2.45, 2.75) is 13.5 Å². The number of anilines is 1. The van der Waals surface area contributed by atoms with E-state index in [-0.39, 0.29) is 6.54 Å². The van der Waals surface area contributed by atoms with Crippen LogP contribution >= 0.6 is 11.6 Å². The van der Waals surface area contributed by atoms with E-state index in [0.29, 0.717) is 40.7 Å². The molecule has 0 saturated carbocycles. The van der Waals surface area contributed by atoms with Gasteiger partial charge in [-0.25, -0.2) is 4.99 Å². The van der Waals surface area contributed by atoms with Gasteiger partial charge in [0.2, 0.25) is 11.7 Å². The zero-order valence-corrected chi connectivity index (χ0v) is 17.2. The number of aromatic nitrogens is 2. The molecule has 1 heterocycles. The highest BCUT2D eigenvalue weighted by molar-refractivity contribution is 6.30. The van der Waals surface area contributed by atoms with Gasteiger partial charge in [0.25, 0.3) is 0 Å². The summed E-state index contributed by atoms with van der Waals surface area (Å²) in [6.07, 6.45) is 0. The molecule has 0 fully saturated rings. The molecule has 8 nitrogen and oxygen atoms in total. The fourth-order valence-electron chi connectivity index (χ4n) is 2.54. The van der Waals surface area contributed by atoms with E-state index in [1.54, 1.807) is 26.4 Å². The molecule has 0 amide bonds. The van der Waals surface area contributed by atoms with Crippen LogP contribution in [-0.2, 0) is 6.54 Å². The van der Waals surface area contributed by atoms with Crippen LogP contribution in [0.1, 0.15) is 12.8 Å². The van der Waals surface area contributed by atoms with Gasteiger partial charge >= 0.3 is 0 Å². The van der Waals surface area contributed by atoms with Crippen LogP contribution < -0.4 is 20.1 Å². The molecule has 2 aromatic carbocycles. The quantitative estimate of drug-likeness (QED) is 0.445. The van der Waals surface area contributed by atoms with E-state index in [9.17, 15) is 0 Å². The molecular weight excluding hydrogens is 394 g/mol. The number of halogens is 1. The molecule has 0 atom stereocenters. The summed E-state index contributed by atoms with van der Waals surface area (Å²) in [6.45, 7) is 2.90. The number of nitrogens with one attached hydrogen (secondary N) is 2. The summed E-state index contributed by atoms with van der Waals surface area (Å²) < 4.78 is 15.9. The molecular formula is C20H22ClN5O3. The summed E-state index contributed by atoms with van der Waals surface area (Å²) in [4.78, 5) is 8.88. The van der Waals surface area contributed by atoms with E-state index in [1.807, 2.05) is 37.3 Å². The average molecular weight is 416 g/mol. The van der Waals surface area contributed by atoms with Crippen LogP contribution in [0.2, 0.25) is 5.02 Å². The minimum atomic E-state index is 0.225. The standard InChI is InChI=1S/C20H22ClN5O3/c1-4-22-20(24-15-9-10-16(27-2)17(11-15)28-3)23-12-18-25-19(26-29-18)13-5-7-14(21)8-6-13/h5-11H,4,12H2,1-3H3,(H2,22,23,24). The second-order valence-electron chi connectivity index (χ2n) is 5.91. The van der Waals surface area contributed by atoms with Gasteiger partial charge in [0.05, 0.1) is 14.2 Å². The second kappa shape index (κ2) is 9.79. The average Bonchev–Trinajstić information content (AvgIpc) is 3.21. The van der Waals surface area contributed by atoms with Crippen molar-refractivity contribution in [3.63, 3.8) is 0 Å². The molecule has 0 saturated heterocycles. The van der Waals surface area contributed by atoms with E-state index in [1.165, 1.54) is 0 Å². The monoisotopic (exact) mass is 415 g/mol. The van der Waals surface area contributed by atoms with Gasteiger partial charge in [-0.2, -0.15) is 4.98 Å². The highest BCUT2D eigenvalue weighted by Crippen LogP contribution is 2.29. The Morgan fingerprint density at radius 1 is 1.10 bits per heavy atom. The van der Waals surface area contributed by atoms with Gasteiger partial charge in [-0.1, -0.05) is 16.8 Å². The first-order chi connectivity index (χ1) is 14.1. The van der Waals surface area contributed by atoms with E-state index in [0.717, 1.165) is 11.3 Å². The van der Waals surface area contributed by atoms with E-state index < -0.39 is 0 Å². The molecule has 0 aliphatic heterocycles. The van der Waals surface area contributed by atoms with Crippen LogP contribution in [0.5, 0.6) is 11.5 Å². The Kier molecular flexibility index (Phi) is 6.91. The minimum absolute atomic E-state index is 0.225. The number of guanidine groups is 1. The topological polar surface area (TPSA) is 93.8 Å². The Morgan fingerprint density at radius 3 is 2.55 bits per heavy atom. The van der Waals surface area contributed by atoms with Crippen molar-refractivity contribution in [2.75, 3.05) is 26.1 Å². The van der Waals surface area contributed by atoms with Gasteiger partial charge < -0.3 is 24.6 Å². The first-order valence-corrected chi connectivity index (χ1v) is 9.36. The molecule has 3 rings (SSSR count). The fourth-order valence-corrected chi connectivity index (χ4v) is 2.67. The molecule has 152 valence electrons. The number of rotatable bonds is 7. The Labute approximate surface area is 173 Å². The lowest BCUT2D eigenvalue weighted by atomic mass is 10.2. The molecule has 0 spiro atoms. The fraction of sp³-hybridized carbons (Fsp3) is 0.250. The predicted molar refractivity (Wildman–Crippen MR) is 113 cm³/mol. The summed E-state index contributed by atoms with van der Waals surface area (Å²) in [5.74, 6) is 2.74. The molecule has 3 aromatic rings. The third kappa shape index (κ3) is 5.39.